The summed E-state index contributed by atoms with van der Waals surface area (Å²) in [5.41, 5.74) is 0. The van der Waals surface area contributed by atoms with Gasteiger partial charge in [0.05, 0.1) is 13.2 Å². The molecule has 0 saturated carbocycles. The summed E-state index contributed by atoms with van der Waals surface area (Å²) in [6.07, 6.45) is 3.91. The standard InChI is InChI=1S/C11H26N2O/c1-4-5-6-7-12-8-10-14-11-9-13(2)3/h12H,4-11H2,1-3H3. The van der Waals surface area contributed by atoms with Crippen LogP contribution in [0.5, 0.6) is 0 Å². The Labute approximate surface area is 88.8 Å². The highest BCUT2D eigenvalue weighted by Gasteiger charge is 1.91. The van der Waals surface area contributed by atoms with Crippen LogP contribution in [0.4, 0.5) is 0 Å². The van der Waals surface area contributed by atoms with E-state index in [-0.39, 0.29) is 0 Å². The van der Waals surface area contributed by atoms with Gasteiger partial charge in [-0.2, -0.15) is 0 Å². The van der Waals surface area contributed by atoms with E-state index in [0.717, 1.165) is 32.8 Å². The van der Waals surface area contributed by atoms with E-state index in [9.17, 15) is 0 Å². The monoisotopic (exact) mass is 202 g/mol. The highest BCUT2D eigenvalue weighted by molar-refractivity contribution is 4.47. The largest absolute Gasteiger partial charge is 0.379 e. The summed E-state index contributed by atoms with van der Waals surface area (Å²) in [5, 5.41) is 3.37. The lowest BCUT2D eigenvalue weighted by Gasteiger charge is -2.10. The molecule has 0 amide bonds. The fourth-order valence-corrected chi connectivity index (χ4v) is 1.12. The molecule has 0 radical (unpaired) electrons. The van der Waals surface area contributed by atoms with E-state index in [1.165, 1.54) is 19.3 Å². The third-order valence-corrected chi connectivity index (χ3v) is 2.06. The van der Waals surface area contributed by atoms with Crippen molar-refractivity contribution in [3.8, 4) is 0 Å². The Morgan fingerprint density at radius 2 is 1.86 bits per heavy atom. The van der Waals surface area contributed by atoms with Crippen LogP contribution in [0.15, 0.2) is 0 Å². The smallest absolute Gasteiger partial charge is 0.0593 e. The van der Waals surface area contributed by atoms with Gasteiger partial charge in [-0.25, -0.2) is 0 Å². The maximum atomic E-state index is 5.45. The molecule has 0 rings (SSSR count). The van der Waals surface area contributed by atoms with Gasteiger partial charge in [0.25, 0.3) is 0 Å². The Morgan fingerprint density at radius 1 is 1.07 bits per heavy atom. The molecule has 86 valence electrons. The van der Waals surface area contributed by atoms with Crippen LogP contribution in [0, 0.1) is 0 Å². The molecule has 0 aliphatic rings. The van der Waals surface area contributed by atoms with Crippen LogP contribution in [0.2, 0.25) is 0 Å². The first kappa shape index (κ1) is 13.9. The number of ether oxygens (including phenoxy) is 1. The molecule has 0 bridgehead atoms. The third kappa shape index (κ3) is 11.9. The van der Waals surface area contributed by atoms with Crippen molar-refractivity contribution < 1.29 is 4.74 Å². The normalized spacial score (nSPS) is 11.1. The summed E-state index contributed by atoms with van der Waals surface area (Å²) < 4.78 is 5.45. The molecule has 0 spiro atoms. The minimum absolute atomic E-state index is 0.833. The summed E-state index contributed by atoms with van der Waals surface area (Å²) in [7, 11) is 4.12. The highest BCUT2D eigenvalue weighted by Crippen LogP contribution is 1.90. The molecule has 0 heterocycles. The van der Waals surface area contributed by atoms with Crippen LogP contribution >= 0.6 is 0 Å². The van der Waals surface area contributed by atoms with E-state index in [2.05, 4.69) is 31.2 Å². The van der Waals surface area contributed by atoms with Crippen LogP contribution in [0.1, 0.15) is 26.2 Å². The van der Waals surface area contributed by atoms with Gasteiger partial charge in [-0.05, 0) is 27.1 Å². The van der Waals surface area contributed by atoms with E-state index in [4.69, 9.17) is 4.74 Å². The molecular formula is C11H26N2O. The van der Waals surface area contributed by atoms with Gasteiger partial charge in [-0.1, -0.05) is 19.8 Å². The van der Waals surface area contributed by atoms with Crippen molar-refractivity contribution in [1.82, 2.24) is 10.2 Å². The van der Waals surface area contributed by atoms with Gasteiger partial charge >= 0.3 is 0 Å². The van der Waals surface area contributed by atoms with Crippen molar-refractivity contribution in [1.29, 1.82) is 0 Å². The van der Waals surface area contributed by atoms with Crippen LogP contribution in [-0.2, 0) is 4.74 Å². The maximum Gasteiger partial charge on any atom is 0.0593 e. The molecule has 0 aromatic rings. The first-order valence-corrected chi connectivity index (χ1v) is 5.70. The number of likely N-dealkylation sites (N-methyl/N-ethyl adjacent to an activating group) is 1. The van der Waals surface area contributed by atoms with Gasteiger partial charge in [0.2, 0.25) is 0 Å². The lowest BCUT2D eigenvalue weighted by Crippen LogP contribution is -2.23. The van der Waals surface area contributed by atoms with Gasteiger partial charge in [-0.15, -0.1) is 0 Å². The minimum atomic E-state index is 0.833. The van der Waals surface area contributed by atoms with Crippen molar-refractivity contribution in [2.24, 2.45) is 0 Å². The Hall–Kier alpha value is -0.120. The van der Waals surface area contributed by atoms with Gasteiger partial charge in [0, 0.05) is 13.1 Å². The lowest BCUT2D eigenvalue weighted by atomic mass is 10.2. The van der Waals surface area contributed by atoms with Crippen molar-refractivity contribution >= 4 is 0 Å². The zero-order valence-corrected chi connectivity index (χ0v) is 10.0. The predicted molar refractivity (Wildman–Crippen MR) is 61.8 cm³/mol. The second-order valence-corrected chi connectivity index (χ2v) is 3.87. The molecule has 14 heavy (non-hydrogen) atoms. The Bertz CT molecular complexity index is 107. The van der Waals surface area contributed by atoms with Gasteiger partial charge in [0.15, 0.2) is 0 Å². The summed E-state index contributed by atoms with van der Waals surface area (Å²) in [4.78, 5) is 2.13. The van der Waals surface area contributed by atoms with E-state index in [0.29, 0.717) is 0 Å². The van der Waals surface area contributed by atoms with Crippen molar-refractivity contribution in [2.75, 3.05) is 46.9 Å². The van der Waals surface area contributed by atoms with Gasteiger partial charge in [0.1, 0.15) is 0 Å². The molecule has 0 unspecified atom stereocenters. The van der Waals surface area contributed by atoms with Gasteiger partial charge in [-0.3, -0.25) is 0 Å². The molecular weight excluding hydrogens is 176 g/mol. The Balaban J connectivity index is 2.85. The first-order valence-electron chi connectivity index (χ1n) is 5.70. The SMILES string of the molecule is CCCCCNCCOCCN(C)C. The number of unbranched alkanes of at least 4 members (excludes halogenated alkanes) is 2. The summed E-state index contributed by atoms with van der Waals surface area (Å²) in [6.45, 7) is 7.02. The zero-order chi connectivity index (χ0) is 10.6. The quantitative estimate of drug-likeness (QED) is 0.541. The molecule has 0 aliphatic carbocycles. The van der Waals surface area contributed by atoms with Crippen molar-refractivity contribution in [2.45, 2.75) is 26.2 Å². The number of hydrogen-bond acceptors (Lipinski definition) is 3. The average Bonchev–Trinajstić information content (AvgIpc) is 2.15. The van der Waals surface area contributed by atoms with E-state index >= 15 is 0 Å². The van der Waals surface area contributed by atoms with Crippen molar-refractivity contribution in [3.63, 3.8) is 0 Å². The Kier molecular flexibility index (Phi) is 10.9. The van der Waals surface area contributed by atoms with E-state index in [1.54, 1.807) is 0 Å². The number of rotatable bonds is 10. The third-order valence-electron chi connectivity index (χ3n) is 2.06. The molecule has 0 aliphatic heterocycles. The topological polar surface area (TPSA) is 24.5 Å². The molecule has 0 saturated heterocycles. The first-order chi connectivity index (χ1) is 6.77. The lowest BCUT2D eigenvalue weighted by molar-refractivity contribution is 0.119. The highest BCUT2D eigenvalue weighted by atomic mass is 16.5. The number of nitrogens with one attached hydrogen (secondary N) is 1. The zero-order valence-electron chi connectivity index (χ0n) is 10.0. The number of hydrogen-bond donors (Lipinski definition) is 1. The molecule has 3 heteroatoms. The Morgan fingerprint density at radius 3 is 2.50 bits per heavy atom. The molecule has 0 fully saturated rings. The van der Waals surface area contributed by atoms with E-state index < -0.39 is 0 Å². The number of nitrogens with zero attached hydrogens (tertiary/aromatic N) is 1. The fraction of sp³-hybridized carbons (Fsp3) is 1.00. The van der Waals surface area contributed by atoms with Crippen LogP contribution in [0.3, 0.4) is 0 Å². The molecule has 0 aromatic heterocycles. The van der Waals surface area contributed by atoms with E-state index in [1.807, 2.05) is 0 Å². The van der Waals surface area contributed by atoms with Crippen LogP contribution < -0.4 is 5.32 Å². The average molecular weight is 202 g/mol. The van der Waals surface area contributed by atoms with Crippen molar-refractivity contribution in [3.05, 3.63) is 0 Å². The van der Waals surface area contributed by atoms with Crippen LogP contribution in [-0.4, -0.2) is 51.8 Å². The molecule has 1 N–H and O–H groups in total. The fourth-order valence-electron chi connectivity index (χ4n) is 1.12. The van der Waals surface area contributed by atoms with Crippen LogP contribution in [0.25, 0.3) is 0 Å². The molecule has 0 atom stereocenters. The maximum absolute atomic E-state index is 5.45. The molecule has 3 nitrogen and oxygen atoms in total. The van der Waals surface area contributed by atoms with Gasteiger partial charge < -0.3 is 15.0 Å². The minimum Gasteiger partial charge on any atom is -0.379 e. The summed E-state index contributed by atoms with van der Waals surface area (Å²) >= 11 is 0. The second kappa shape index (κ2) is 11.0. The summed E-state index contributed by atoms with van der Waals surface area (Å²) in [5.74, 6) is 0. The summed E-state index contributed by atoms with van der Waals surface area (Å²) in [6, 6.07) is 0. The second-order valence-electron chi connectivity index (χ2n) is 3.87. The predicted octanol–water partition coefficient (Wildman–Crippen LogP) is 1.34. The molecule has 0 aromatic carbocycles.